The first-order chi connectivity index (χ1) is 10.4. The quantitative estimate of drug-likeness (QED) is 0.843. The minimum absolute atomic E-state index is 0.113. The molecule has 0 radical (unpaired) electrons. The van der Waals surface area contributed by atoms with E-state index in [1.54, 1.807) is 24.3 Å². The summed E-state index contributed by atoms with van der Waals surface area (Å²) in [7, 11) is 0. The summed E-state index contributed by atoms with van der Waals surface area (Å²) in [4.78, 5) is 14.6. The van der Waals surface area contributed by atoms with Crippen molar-refractivity contribution in [1.82, 2.24) is 4.90 Å². The maximum atomic E-state index is 12.2. The lowest BCUT2D eigenvalue weighted by Gasteiger charge is -2.34. The summed E-state index contributed by atoms with van der Waals surface area (Å²) in [5.41, 5.74) is 0.609. The fraction of sp³-hybridized carbons (Fsp3) is 0.533. The number of alkyl halides is 2. The zero-order valence-corrected chi connectivity index (χ0v) is 13.4. The predicted molar refractivity (Wildman–Crippen MR) is 83.4 cm³/mol. The molecule has 2 rings (SSSR count). The molecule has 1 N–H and O–H groups in total. The predicted octanol–water partition coefficient (Wildman–Crippen LogP) is 3.05. The number of nitrogens with zero attached hydrogens (tertiary/aromatic N) is 1. The summed E-state index contributed by atoms with van der Waals surface area (Å²) < 4.78 is 30.1. The van der Waals surface area contributed by atoms with E-state index in [4.69, 9.17) is 4.74 Å². The first-order valence-electron chi connectivity index (χ1n) is 7.15. The van der Waals surface area contributed by atoms with Gasteiger partial charge >= 0.3 is 0 Å². The molecular weight excluding hydrogens is 310 g/mol. The maximum Gasteiger partial charge on any atom is 0.288 e. The third-order valence-electron chi connectivity index (χ3n) is 3.23. The Morgan fingerprint density at radius 3 is 2.45 bits per heavy atom. The van der Waals surface area contributed by atoms with Crippen LogP contribution in [0.4, 0.5) is 14.5 Å². The van der Waals surface area contributed by atoms with Crippen LogP contribution in [0, 0.1) is 0 Å². The Morgan fingerprint density at radius 2 is 1.91 bits per heavy atom. The highest BCUT2D eigenvalue weighted by molar-refractivity contribution is 7.99. The van der Waals surface area contributed by atoms with Crippen LogP contribution < -0.4 is 5.32 Å². The number of carbonyl (C=O) groups excluding carboxylic acids is 1. The number of halogens is 2. The van der Waals surface area contributed by atoms with Crippen molar-refractivity contribution in [3.63, 3.8) is 0 Å². The van der Waals surface area contributed by atoms with Gasteiger partial charge in [-0.05, 0) is 38.1 Å². The molecule has 122 valence electrons. The SMILES string of the molecule is C[C@H]1CN(CC(=O)Nc2ccc(SC(F)F)cc2)C[C@H](C)O1. The monoisotopic (exact) mass is 330 g/mol. The smallest absolute Gasteiger partial charge is 0.288 e. The van der Waals surface area contributed by atoms with Crippen LogP contribution in [0.25, 0.3) is 0 Å². The minimum atomic E-state index is -2.44. The third-order valence-corrected chi connectivity index (χ3v) is 3.95. The molecule has 0 aromatic heterocycles. The molecule has 1 aliphatic heterocycles. The molecule has 2 atom stereocenters. The van der Waals surface area contributed by atoms with Crippen molar-refractivity contribution < 1.29 is 18.3 Å². The topological polar surface area (TPSA) is 41.6 Å². The number of morpholine rings is 1. The summed E-state index contributed by atoms with van der Waals surface area (Å²) in [6, 6.07) is 6.41. The van der Waals surface area contributed by atoms with E-state index in [1.807, 2.05) is 13.8 Å². The van der Waals surface area contributed by atoms with E-state index in [2.05, 4.69) is 10.2 Å². The van der Waals surface area contributed by atoms with Crippen molar-refractivity contribution >= 4 is 23.4 Å². The van der Waals surface area contributed by atoms with Crippen molar-refractivity contribution in [1.29, 1.82) is 0 Å². The molecule has 0 bridgehead atoms. The normalized spacial score (nSPS) is 22.8. The van der Waals surface area contributed by atoms with E-state index in [0.29, 0.717) is 28.9 Å². The summed E-state index contributed by atoms with van der Waals surface area (Å²) >= 11 is 0.487. The van der Waals surface area contributed by atoms with Gasteiger partial charge in [0.1, 0.15) is 0 Å². The highest BCUT2D eigenvalue weighted by Crippen LogP contribution is 2.26. The number of amides is 1. The van der Waals surface area contributed by atoms with E-state index in [0.717, 1.165) is 13.1 Å². The van der Waals surface area contributed by atoms with Crippen LogP contribution in [0.15, 0.2) is 29.2 Å². The first-order valence-corrected chi connectivity index (χ1v) is 8.03. The Hall–Kier alpha value is -1.18. The standard InChI is InChI=1S/C15H20F2N2O2S/c1-10-7-19(8-11(2)21-10)9-14(20)18-12-3-5-13(6-4-12)22-15(16)17/h3-6,10-11,15H,7-9H2,1-2H3,(H,18,20)/t10-,11-/m0/s1. The van der Waals surface area contributed by atoms with Gasteiger partial charge in [-0.3, -0.25) is 9.69 Å². The Kier molecular flexibility index (Phi) is 6.16. The van der Waals surface area contributed by atoms with Crippen LogP contribution in [-0.2, 0) is 9.53 Å². The van der Waals surface area contributed by atoms with Gasteiger partial charge in [0.05, 0.1) is 18.8 Å². The highest BCUT2D eigenvalue weighted by Gasteiger charge is 2.23. The number of ether oxygens (including phenoxy) is 1. The van der Waals surface area contributed by atoms with Gasteiger partial charge in [-0.25, -0.2) is 0 Å². The Labute approximate surface area is 133 Å². The van der Waals surface area contributed by atoms with Crippen molar-refractivity contribution in [2.24, 2.45) is 0 Å². The fourth-order valence-electron chi connectivity index (χ4n) is 2.54. The third kappa shape index (κ3) is 5.55. The summed E-state index contributed by atoms with van der Waals surface area (Å²) in [5, 5.41) is 2.78. The van der Waals surface area contributed by atoms with E-state index in [-0.39, 0.29) is 18.1 Å². The molecule has 1 aromatic rings. The van der Waals surface area contributed by atoms with E-state index in [9.17, 15) is 13.6 Å². The fourth-order valence-corrected chi connectivity index (χ4v) is 3.04. The lowest BCUT2D eigenvalue weighted by atomic mass is 10.2. The number of anilines is 1. The van der Waals surface area contributed by atoms with Crippen LogP contribution in [0.1, 0.15) is 13.8 Å². The molecule has 1 saturated heterocycles. The molecular formula is C15H20F2N2O2S. The Morgan fingerprint density at radius 1 is 1.32 bits per heavy atom. The van der Waals surface area contributed by atoms with Crippen LogP contribution in [0.3, 0.4) is 0 Å². The zero-order valence-electron chi connectivity index (χ0n) is 12.6. The molecule has 22 heavy (non-hydrogen) atoms. The number of hydrogen-bond donors (Lipinski definition) is 1. The molecule has 1 fully saturated rings. The molecule has 0 aliphatic carbocycles. The number of benzene rings is 1. The largest absolute Gasteiger partial charge is 0.373 e. The van der Waals surface area contributed by atoms with E-state index < -0.39 is 5.76 Å². The zero-order chi connectivity index (χ0) is 16.1. The highest BCUT2D eigenvalue weighted by atomic mass is 32.2. The average molecular weight is 330 g/mol. The Balaban J connectivity index is 1.84. The number of thioether (sulfide) groups is 1. The average Bonchev–Trinajstić information content (AvgIpc) is 2.39. The van der Waals surface area contributed by atoms with Crippen LogP contribution in [-0.4, -0.2) is 48.4 Å². The van der Waals surface area contributed by atoms with Gasteiger partial charge in [0.25, 0.3) is 5.76 Å². The summed E-state index contributed by atoms with van der Waals surface area (Å²) in [5.74, 6) is -2.55. The van der Waals surface area contributed by atoms with Crippen LogP contribution >= 0.6 is 11.8 Å². The molecule has 1 aliphatic rings. The van der Waals surface area contributed by atoms with Gasteiger partial charge in [-0.1, -0.05) is 11.8 Å². The second-order valence-corrected chi connectivity index (χ2v) is 6.47. The molecule has 7 heteroatoms. The van der Waals surface area contributed by atoms with Crippen LogP contribution in [0.5, 0.6) is 0 Å². The van der Waals surface area contributed by atoms with Gasteiger partial charge in [-0.2, -0.15) is 8.78 Å². The van der Waals surface area contributed by atoms with E-state index in [1.165, 1.54) is 0 Å². The molecule has 0 saturated carbocycles. The molecule has 1 amide bonds. The molecule has 0 spiro atoms. The van der Waals surface area contributed by atoms with Gasteiger partial charge in [0.2, 0.25) is 5.91 Å². The second-order valence-electron chi connectivity index (χ2n) is 5.40. The maximum absolute atomic E-state index is 12.2. The van der Waals surface area contributed by atoms with Gasteiger partial charge < -0.3 is 10.1 Å². The summed E-state index contributed by atoms with van der Waals surface area (Å²) in [6.07, 6.45) is 0.226. The van der Waals surface area contributed by atoms with E-state index >= 15 is 0 Å². The lowest BCUT2D eigenvalue weighted by Crippen LogP contribution is -2.48. The van der Waals surface area contributed by atoms with Gasteiger partial charge in [-0.15, -0.1) is 0 Å². The molecule has 1 heterocycles. The number of nitrogens with one attached hydrogen (secondary N) is 1. The second kappa shape index (κ2) is 7.89. The van der Waals surface area contributed by atoms with Crippen molar-refractivity contribution in [2.75, 3.05) is 25.0 Å². The van der Waals surface area contributed by atoms with Gasteiger partial charge in [0.15, 0.2) is 0 Å². The van der Waals surface area contributed by atoms with Gasteiger partial charge in [0, 0.05) is 23.7 Å². The first kappa shape index (κ1) is 17.2. The number of carbonyl (C=O) groups is 1. The van der Waals surface area contributed by atoms with Crippen molar-refractivity contribution in [3.8, 4) is 0 Å². The lowest BCUT2D eigenvalue weighted by molar-refractivity contribution is -0.121. The van der Waals surface area contributed by atoms with Crippen molar-refractivity contribution in [2.45, 2.75) is 36.7 Å². The number of hydrogen-bond acceptors (Lipinski definition) is 4. The van der Waals surface area contributed by atoms with Crippen LogP contribution in [0.2, 0.25) is 0 Å². The van der Waals surface area contributed by atoms with Crippen molar-refractivity contribution in [3.05, 3.63) is 24.3 Å². The molecule has 4 nitrogen and oxygen atoms in total. The number of rotatable bonds is 5. The molecule has 1 aromatic carbocycles. The Bertz CT molecular complexity index is 489. The summed E-state index contributed by atoms with van der Waals surface area (Å²) in [6.45, 7) is 5.72. The molecule has 0 unspecified atom stereocenters. The minimum Gasteiger partial charge on any atom is -0.373 e.